The standard InChI is InChI=1S/C18H26N4O6/c1-3-9-22-16(24)6-5-14(20-22)17(25)28-12-15(23)19-13-7-10-21(11-8-13)18(26)27-4-2/h5-6,13H,3-4,7-12H2,1-2H3,(H,19,23). The lowest BCUT2D eigenvalue weighted by atomic mass is 10.1. The van der Waals surface area contributed by atoms with Crippen LogP contribution in [-0.4, -0.2) is 65.0 Å². The minimum atomic E-state index is -0.767. The highest BCUT2D eigenvalue weighted by Crippen LogP contribution is 2.11. The van der Waals surface area contributed by atoms with Gasteiger partial charge in [0.25, 0.3) is 11.5 Å². The van der Waals surface area contributed by atoms with E-state index >= 15 is 0 Å². The lowest BCUT2D eigenvalue weighted by molar-refractivity contribution is -0.125. The van der Waals surface area contributed by atoms with E-state index in [4.69, 9.17) is 9.47 Å². The molecule has 1 aromatic heterocycles. The van der Waals surface area contributed by atoms with E-state index in [0.29, 0.717) is 45.5 Å². The summed E-state index contributed by atoms with van der Waals surface area (Å²) in [6, 6.07) is 2.43. The molecule has 0 unspecified atom stereocenters. The molecule has 0 radical (unpaired) electrons. The van der Waals surface area contributed by atoms with Gasteiger partial charge in [0.2, 0.25) is 0 Å². The number of aromatic nitrogens is 2. The smallest absolute Gasteiger partial charge is 0.409 e. The van der Waals surface area contributed by atoms with Crippen molar-refractivity contribution in [3.05, 3.63) is 28.2 Å². The van der Waals surface area contributed by atoms with Crippen molar-refractivity contribution in [1.29, 1.82) is 0 Å². The number of likely N-dealkylation sites (tertiary alicyclic amines) is 1. The number of hydrogen-bond donors (Lipinski definition) is 1. The second kappa shape index (κ2) is 10.4. The van der Waals surface area contributed by atoms with Gasteiger partial charge in [-0.1, -0.05) is 6.92 Å². The van der Waals surface area contributed by atoms with Crippen molar-refractivity contribution in [3.8, 4) is 0 Å². The molecule has 2 rings (SSSR count). The molecule has 2 amide bonds. The summed E-state index contributed by atoms with van der Waals surface area (Å²) in [6.45, 7) is 4.90. The maximum absolute atomic E-state index is 12.1. The van der Waals surface area contributed by atoms with Gasteiger partial charge in [0.1, 0.15) is 0 Å². The monoisotopic (exact) mass is 394 g/mol. The average molecular weight is 394 g/mol. The molecule has 0 atom stereocenters. The SMILES string of the molecule is CCCn1nc(C(=O)OCC(=O)NC2CCN(C(=O)OCC)CC2)ccc1=O. The van der Waals surface area contributed by atoms with Crippen LogP contribution in [-0.2, 0) is 20.8 Å². The molecule has 10 heteroatoms. The van der Waals surface area contributed by atoms with Crippen LogP contribution >= 0.6 is 0 Å². The number of piperidine rings is 1. The first-order chi connectivity index (χ1) is 13.4. The van der Waals surface area contributed by atoms with Gasteiger partial charge in [-0.3, -0.25) is 9.59 Å². The Morgan fingerprint density at radius 1 is 1.18 bits per heavy atom. The number of carbonyl (C=O) groups excluding carboxylic acids is 3. The lowest BCUT2D eigenvalue weighted by Crippen LogP contribution is -2.47. The molecule has 0 spiro atoms. The zero-order valence-corrected chi connectivity index (χ0v) is 16.2. The van der Waals surface area contributed by atoms with E-state index in [-0.39, 0.29) is 23.4 Å². The summed E-state index contributed by atoms with van der Waals surface area (Å²) in [4.78, 5) is 49.0. The molecule has 0 saturated carbocycles. The van der Waals surface area contributed by atoms with Gasteiger partial charge in [0, 0.05) is 31.7 Å². The summed E-state index contributed by atoms with van der Waals surface area (Å²) in [6.07, 6.45) is 1.55. The van der Waals surface area contributed by atoms with Gasteiger partial charge >= 0.3 is 12.1 Å². The summed E-state index contributed by atoms with van der Waals surface area (Å²) in [7, 11) is 0. The van der Waals surface area contributed by atoms with Crippen LogP contribution in [0.1, 0.15) is 43.6 Å². The molecule has 2 heterocycles. The first kappa shape index (κ1) is 21.4. The second-order valence-corrected chi connectivity index (χ2v) is 6.38. The van der Waals surface area contributed by atoms with Crippen LogP contribution in [0.3, 0.4) is 0 Å². The molecular formula is C18H26N4O6. The molecule has 10 nitrogen and oxygen atoms in total. The molecule has 1 aromatic rings. The topological polar surface area (TPSA) is 120 Å². The number of aryl methyl sites for hydroxylation is 1. The van der Waals surface area contributed by atoms with Crippen LogP contribution in [0.25, 0.3) is 0 Å². The molecule has 28 heavy (non-hydrogen) atoms. The van der Waals surface area contributed by atoms with Gasteiger partial charge in [-0.05, 0) is 32.3 Å². The maximum Gasteiger partial charge on any atom is 0.409 e. The van der Waals surface area contributed by atoms with E-state index in [9.17, 15) is 19.2 Å². The Morgan fingerprint density at radius 3 is 2.54 bits per heavy atom. The number of rotatable bonds is 7. The fourth-order valence-electron chi connectivity index (χ4n) is 2.83. The van der Waals surface area contributed by atoms with Crippen molar-refractivity contribution < 1.29 is 23.9 Å². The lowest BCUT2D eigenvalue weighted by Gasteiger charge is -2.31. The minimum absolute atomic E-state index is 0.0244. The van der Waals surface area contributed by atoms with Gasteiger partial charge in [-0.25, -0.2) is 14.3 Å². The number of esters is 1. The summed E-state index contributed by atoms with van der Waals surface area (Å²) >= 11 is 0. The van der Waals surface area contributed by atoms with Crippen LogP contribution in [0.4, 0.5) is 4.79 Å². The molecule has 1 aliphatic heterocycles. The Hall–Kier alpha value is -2.91. The van der Waals surface area contributed by atoms with Crippen molar-refractivity contribution in [3.63, 3.8) is 0 Å². The van der Waals surface area contributed by atoms with Crippen molar-refractivity contribution in [2.75, 3.05) is 26.3 Å². The number of carbonyl (C=O) groups is 3. The number of amides is 2. The molecule has 1 N–H and O–H groups in total. The Bertz CT molecular complexity index is 755. The van der Waals surface area contributed by atoms with Crippen LogP contribution in [0, 0.1) is 0 Å². The predicted octanol–water partition coefficient (Wildman–Crippen LogP) is 0.547. The Balaban J connectivity index is 1.77. The summed E-state index contributed by atoms with van der Waals surface area (Å²) in [5, 5.41) is 6.73. The van der Waals surface area contributed by atoms with E-state index in [1.165, 1.54) is 16.8 Å². The summed E-state index contributed by atoms with van der Waals surface area (Å²) in [5.41, 5.74) is -0.325. The molecule has 1 aliphatic rings. The van der Waals surface area contributed by atoms with Crippen LogP contribution < -0.4 is 10.9 Å². The van der Waals surface area contributed by atoms with E-state index in [0.717, 1.165) is 0 Å². The van der Waals surface area contributed by atoms with Crippen molar-refractivity contribution in [2.24, 2.45) is 0 Å². The molecule has 0 bridgehead atoms. The summed E-state index contributed by atoms with van der Waals surface area (Å²) in [5.74, 6) is -1.19. The third kappa shape index (κ3) is 6.07. The van der Waals surface area contributed by atoms with Gasteiger partial charge in [0.15, 0.2) is 12.3 Å². The predicted molar refractivity (Wildman–Crippen MR) is 98.8 cm³/mol. The molecule has 1 saturated heterocycles. The van der Waals surface area contributed by atoms with Crippen molar-refractivity contribution in [1.82, 2.24) is 20.0 Å². The summed E-state index contributed by atoms with van der Waals surface area (Å²) < 4.78 is 11.1. The maximum atomic E-state index is 12.1. The largest absolute Gasteiger partial charge is 0.451 e. The van der Waals surface area contributed by atoms with Crippen molar-refractivity contribution in [2.45, 2.75) is 45.7 Å². The van der Waals surface area contributed by atoms with Gasteiger partial charge in [-0.2, -0.15) is 5.10 Å². The zero-order chi connectivity index (χ0) is 20.5. The van der Waals surface area contributed by atoms with Crippen LogP contribution in [0.2, 0.25) is 0 Å². The Labute approximate surface area is 162 Å². The Kier molecular flexibility index (Phi) is 7.97. The third-order valence-electron chi connectivity index (χ3n) is 4.23. The van der Waals surface area contributed by atoms with Crippen LogP contribution in [0.5, 0.6) is 0 Å². The molecule has 154 valence electrons. The fraction of sp³-hybridized carbons (Fsp3) is 0.611. The Morgan fingerprint density at radius 2 is 1.89 bits per heavy atom. The highest BCUT2D eigenvalue weighted by atomic mass is 16.6. The number of nitrogens with zero attached hydrogens (tertiary/aromatic N) is 3. The van der Waals surface area contributed by atoms with Crippen LogP contribution in [0.15, 0.2) is 16.9 Å². The number of hydrogen-bond acceptors (Lipinski definition) is 7. The van der Waals surface area contributed by atoms with E-state index in [1.807, 2.05) is 6.92 Å². The average Bonchev–Trinajstić information content (AvgIpc) is 2.68. The van der Waals surface area contributed by atoms with E-state index < -0.39 is 18.5 Å². The minimum Gasteiger partial charge on any atom is -0.451 e. The van der Waals surface area contributed by atoms with Gasteiger partial charge < -0.3 is 19.7 Å². The van der Waals surface area contributed by atoms with E-state index in [2.05, 4.69) is 10.4 Å². The molecular weight excluding hydrogens is 368 g/mol. The first-order valence-electron chi connectivity index (χ1n) is 9.41. The third-order valence-corrected chi connectivity index (χ3v) is 4.23. The zero-order valence-electron chi connectivity index (χ0n) is 16.2. The fourth-order valence-corrected chi connectivity index (χ4v) is 2.83. The van der Waals surface area contributed by atoms with Crippen molar-refractivity contribution >= 4 is 18.0 Å². The molecule has 0 aliphatic carbocycles. The number of ether oxygens (including phenoxy) is 2. The molecule has 0 aromatic carbocycles. The first-order valence-corrected chi connectivity index (χ1v) is 9.41. The number of nitrogens with one attached hydrogen (secondary N) is 1. The normalized spacial score (nSPS) is 14.4. The van der Waals surface area contributed by atoms with Gasteiger partial charge in [-0.15, -0.1) is 0 Å². The quantitative estimate of drug-likeness (QED) is 0.671. The highest BCUT2D eigenvalue weighted by Gasteiger charge is 2.25. The second-order valence-electron chi connectivity index (χ2n) is 6.38. The highest BCUT2D eigenvalue weighted by molar-refractivity contribution is 5.89. The van der Waals surface area contributed by atoms with E-state index in [1.54, 1.807) is 11.8 Å². The van der Waals surface area contributed by atoms with Gasteiger partial charge in [0.05, 0.1) is 6.61 Å². The molecule has 1 fully saturated rings.